The molecule has 3 aromatic rings. The van der Waals surface area contributed by atoms with Gasteiger partial charge in [-0.2, -0.15) is 0 Å². The van der Waals surface area contributed by atoms with Crippen LogP contribution >= 0.6 is 0 Å². The van der Waals surface area contributed by atoms with Crippen molar-refractivity contribution in [3.05, 3.63) is 95.6 Å². The average Bonchev–Trinajstić information content (AvgIpc) is 3.17. The van der Waals surface area contributed by atoms with Crippen LogP contribution in [0.3, 0.4) is 0 Å². The van der Waals surface area contributed by atoms with Crippen molar-refractivity contribution in [2.75, 3.05) is 13.2 Å². The predicted octanol–water partition coefficient (Wildman–Crippen LogP) is 4.52. The van der Waals surface area contributed by atoms with Crippen molar-refractivity contribution in [3.63, 3.8) is 0 Å². The van der Waals surface area contributed by atoms with E-state index in [4.69, 9.17) is 0 Å². The Morgan fingerprint density at radius 1 is 0.886 bits per heavy atom. The summed E-state index contributed by atoms with van der Waals surface area (Å²) in [6.07, 6.45) is -0.672. The van der Waals surface area contributed by atoms with E-state index < -0.39 is 24.1 Å². The number of hydrogen-bond donors (Lipinski definition) is 3. The minimum Gasteiger partial charge on any atom is -0.465 e. The van der Waals surface area contributed by atoms with Crippen LogP contribution in [0, 0.1) is 5.92 Å². The fourth-order valence-electron chi connectivity index (χ4n) is 5.11. The molecule has 0 saturated carbocycles. The first-order chi connectivity index (χ1) is 16.9. The number of benzene rings is 3. The molecular formula is C29H32N2O4. The van der Waals surface area contributed by atoms with Gasteiger partial charge in [0, 0.05) is 12.5 Å². The molecule has 3 N–H and O–H groups in total. The Kier molecular flexibility index (Phi) is 7.51. The molecule has 2 atom stereocenters. The number of fused-ring (bicyclic) bond motifs is 3. The summed E-state index contributed by atoms with van der Waals surface area (Å²) in [6.45, 7) is 3.63. The van der Waals surface area contributed by atoms with Crippen molar-refractivity contribution in [3.8, 4) is 11.1 Å². The SMILES string of the molecule is CC(C)[C@@H](C(=O)N[C@H](CO)Cc1ccccc1)N(CC1c2ccccc2-c2ccccc21)C(=O)O. The van der Waals surface area contributed by atoms with E-state index in [2.05, 4.69) is 17.4 Å². The van der Waals surface area contributed by atoms with Crippen LogP contribution in [-0.2, 0) is 11.2 Å². The Morgan fingerprint density at radius 2 is 1.43 bits per heavy atom. The van der Waals surface area contributed by atoms with Gasteiger partial charge in [-0.05, 0) is 40.2 Å². The van der Waals surface area contributed by atoms with Crippen LogP contribution in [0.2, 0.25) is 0 Å². The zero-order valence-electron chi connectivity index (χ0n) is 20.1. The molecule has 6 nitrogen and oxygen atoms in total. The number of amides is 2. The van der Waals surface area contributed by atoms with Gasteiger partial charge in [0.15, 0.2) is 0 Å². The molecule has 0 saturated heterocycles. The Balaban J connectivity index is 1.59. The largest absolute Gasteiger partial charge is 0.465 e. The quantitative estimate of drug-likeness (QED) is 0.427. The van der Waals surface area contributed by atoms with Crippen LogP contribution in [-0.4, -0.2) is 52.3 Å². The molecule has 0 radical (unpaired) electrons. The summed E-state index contributed by atoms with van der Waals surface area (Å²) in [6, 6.07) is 24.3. The third-order valence-corrected chi connectivity index (χ3v) is 6.72. The number of carbonyl (C=O) groups is 2. The van der Waals surface area contributed by atoms with Crippen molar-refractivity contribution in [1.29, 1.82) is 0 Å². The van der Waals surface area contributed by atoms with Crippen LogP contribution in [0.25, 0.3) is 11.1 Å². The summed E-state index contributed by atoms with van der Waals surface area (Å²) < 4.78 is 0. The van der Waals surface area contributed by atoms with Gasteiger partial charge >= 0.3 is 6.09 Å². The van der Waals surface area contributed by atoms with Gasteiger partial charge in [0.1, 0.15) is 6.04 Å². The second kappa shape index (κ2) is 10.7. The molecule has 0 unspecified atom stereocenters. The Labute approximate surface area is 206 Å². The summed E-state index contributed by atoms with van der Waals surface area (Å²) >= 11 is 0. The first-order valence-electron chi connectivity index (χ1n) is 12.0. The number of aliphatic hydroxyl groups excluding tert-OH is 1. The van der Waals surface area contributed by atoms with Gasteiger partial charge in [-0.3, -0.25) is 9.69 Å². The van der Waals surface area contributed by atoms with E-state index in [-0.39, 0.29) is 25.0 Å². The van der Waals surface area contributed by atoms with Gasteiger partial charge < -0.3 is 15.5 Å². The van der Waals surface area contributed by atoms with E-state index in [1.165, 1.54) is 4.90 Å². The summed E-state index contributed by atoms with van der Waals surface area (Å²) in [7, 11) is 0. The first kappa shape index (κ1) is 24.5. The van der Waals surface area contributed by atoms with Crippen LogP contribution in [0.1, 0.15) is 36.5 Å². The van der Waals surface area contributed by atoms with E-state index >= 15 is 0 Å². The number of nitrogens with one attached hydrogen (secondary N) is 1. The number of carbonyl (C=O) groups excluding carboxylic acids is 1. The number of carboxylic acid groups (broad SMARTS) is 1. The number of hydrogen-bond acceptors (Lipinski definition) is 3. The van der Waals surface area contributed by atoms with Gasteiger partial charge in [-0.15, -0.1) is 0 Å². The predicted molar refractivity (Wildman–Crippen MR) is 136 cm³/mol. The Morgan fingerprint density at radius 3 is 1.94 bits per heavy atom. The Hall–Kier alpha value is -3.64. The van der Waals surface area contributed by atoms with Gasteiger partial charge in [0.2, 0.25) is 5.91 Å². The summed E-state index contributed by atoms with van der Waals surface area (Å²) in [5.41, 5.74) is 5.34. The lowest BCUT2D eigenvalue weighted by atomic mass is 9.93. The molecule has 0 aliphatic heterocycles. The minimum absolute atomic E-state index is 0.162. The zero-order valence-corrected chi connectivity index (χ0v) is 20.1. The summed E-state index contributed by atoms with van der Waals surface area (Å²) in [5.74, 6) is -0.809. The normalized spacial score (nSPS) is 14.2. The molecular weight excluding hydrogens is 440 g/mol. The molecule has 2 amide bonds. The molecule has 0 aromatic heterocycles. The molecule has 4 rings (SSSR count). The molecule has 35 heavy (non-hydrogen) atoms. The van der Waals surface area contributed by atoms with E-state index in [0.29, 0.717) is 6.42 Å². The highest BCUT2D eigenvalue weighted by molar-refractivity contribution is 5.86. The van der Waals surface area contributed by atoms with Crippen LogP contribution < -0.4 is 5.32 Å². The maximum Gasteiger partial charge on any atom is 0.408 e. The molecule has 3 aromatic carbocycles. The second-order valence-corrected chi connectivity index (χ2v) is 9.43. The number of aliphatic hydroxyl groups is 1. The van der Waals surface area contributed by atoms with Crippen molar-refractivity contribution in [2.45, 2.75) is 38.3 Å². The third-order valence-electron chi connectivity index (χ3n) is 6.72. The number of nitrogens with zero attached hydrogens (tertiary/aromatic N) is 1. The van der Waals surface area contributed by atoms with E-state index in [1.807, 2.05) is 80.6 Å². The summed E-state index contributed by atoms with van der Waals surface area (Å²) in [4.78, 5) is 27.2. The maximum atomic E-state index is 13.4. The van der Waals surface area contributed by atoms with Gasteiger partial charge in [-0.25, -0.2) is 4.79 Å². The monoisotopic (exact) mass is 472 g/mol. The summed E-state index contributed by atoms with van der Waals surface area (Å²) in [5, 5.41) is 23.0. The molecule has 182 valence electrons. The van der Waals surface area contributed by atoms with Gasteiger partial charge in [0.05, 0.1) is 12.6 Å². The molecule has 6 heteroatoms. The maximum absolute atomic E-state index is 13.4. The van der Waals surface area contributed by atoms with E-state index in [9.17, 15) is 19.8 Å². The molecule has 0 bridgehead atoms. The van der Waals surface area contributed by atoms with Gasteiger partial charge in [-0.1, -0.05) is 92.7 Å². The number of rotatable bonds is 9. The first-order valence-corrected chi connectivity index (χ1v) is 12.0. The molecule has 1 aliphatic rings. The highest BCUT2D eigenvalue weighted by Gasteiger charge is 2.38. The van der Waals surface area contributed by atoms with E-state index in [0.717, 1.165) is 27.8 Å². The fraction of sp³-hybridized carbons (Fsp3) is 0.310. The van der Waals surface area contributed by atoms with Crippen molar-refractivity contribution in [1.82, 2.24) is 10.2 Å². The van der Waals surface area contributed by atoms with Crippen molar-refractivity contribution >= 4 is 12.0 Å². The standard InChI is InChI=1S/C29H32N2O4/c1-19(2)27(28(33)30-21(18-32)16-20-10-4-3-5-11-20)31(29(34)35)17-26-24-14-8-6-12-22(24)23-13-7-9-15-25(23)26/h3-15,19,21,26-27,32H,16-18H2,1-2H3,(H,30,33)(H,34,35)/t21-,27-/m0/s1. The highest BCUT2D eigenvalue weighted by Crippen LogP contribution is 2.45. The molecule has 1 aliphatic carbocycles. The van der Waals surface area contributed by atoms with Crippen LogP contribution in [0.4, 0.5) is 4.79 Å². The van der Waals surface area contributed by atoms with E-state index in [1.54, 1.807) is 0 Å². The lowest BCUT2D eigenvalue weighted by molar-refractivity contribution is -0.128. The fourth-order valence-corrected chi connectivity index (χ4v) is 5.11. The van der Waals surface area contributed by atoms with Crippen molar-refractivity contribution < 1.29 is 19.8 Å². The third kappa shape index (κ3) is 5.23. The van der Waals surface area contributed by atoms with Gasteiger partial charge in [0.25, 0.3) is 0 Å². The second-order valence-electron chi connectivity index (χ2n) is 9.43. The average molecular weight is 473 g/mol. The Bertz CT molecular complexity index is 1130. The highest BCUT2D eigenvalue weighted by atomic mass is 16.4. The molecule has 0 fully saturated rings. The smallest absolute Gasteiger partial charge is 0.408 e. The zero-order chi connectivity index (χ0) is 24.9. The van der Waals surface area contributed by atoms with Crippen molar-refractivity contribution in [2.24, 2.45) is 5.92 Å². The lowest BCUT2D eigenvalue weighted by Gasteiger charge is -2.34. The topological polar surface area (TPSA) is 89.9 Å². The molecule has 0 heterocycles. The van der Waals surface area contributed by atoms with Crippen LogP contribution in [0.15, 0.2) is 78.9 Å². The van der Waals surface area contributed by atoms with Crippen LogP contribution in [0.5, 0.6) is 0 Å². The lowest BCUT2D eigenvalue weighted by Crippen LogP contribution is -2.55. The molecule has 0 spiro atoms. The minimum atomic E-state index is -1.13.